The van der Waals surface area contributed by atoms with E-state index in [1.807, 2.05) is 0 Å². The summed E-state index contributed by atoms with van der Waals surface area (Å²) < 4.78 is 0. The van der Waals surface area contributed by atoms with Crippen molar-refractivity contribution in [2.24, 2.45) is 0 Å². The van der Waals surface area contributed by atoms with Gasteiger partial charge in [-0.05, 0) is 55.3 Å². The van der Waals surface area contributed by atoms with Crippen molar-refractivity contribution in [2.75, 3.05) is 10.6 Å². The van der Waals surface area contributed by atoms with Crippen molar-refractivity contribution >= 4 is 23.2 Å². The average molecular weight is 300 g/mol. The Labute approximate surface area is 127 Å². The molecule has 114 valence electrons. The first-order valence-electron chi connectivity index (χ1n) is 6.58. The van der Waals surface area contributed by atoms with Crippen LogP contribution in [0.25, 0.3) is 0 Å². The van der Waals surface area contributed by atoms with E-state index in [0.717, 1.165) is 5.56 Å². The molecule has 0 atom stereocenters. The minimum atomic E-state index is -0.897. The fourth-order valence-corrected chi connectivity index (χ4v) is 1.89. The lowest BCUT2D eigenvalue weighted by Gasteiger charge is -2.10. The number of carbonyl (C=O) groups excluding carboxylic acids is 2. The maximum atomic E-state index is 11.9. The van der Waals surface area contributed by atoms with E-state index in [9.17, 15) is 19.8 Å². The molecule has 0 aliphatic rings. The predicted octanol–water partition coefficient (Wildman–Crippen LogP) is 2.29. The molecular formula is C16H16N2O4. The Morgan fingerprint density at radius 2 is 1.45 bits per heavy atom. The summed E-state index contributed by atoms with van der Waals surface area (Å²) in [6.45, 7) is 3.49. The number of aromatic hydroxyl groups is 2. The van der Waals surface area contributed by atoms with E-state index in [2.05, 4.69) is 10.6 Å². The van der Waals surface area contributed by atoms with Crippen LogP contribution in [0.1, 0.15) is 11.1 Å². The zero-order chi connectivity index (χ0) is 16.3. The number of benzene rings is 2. The second-order valence-electron chi connectivity index (χ2n) is 4.93. The van der Waals surface area contributed by atoms with Gasteiger partial charge in [-0.15, -0.1) is 0 Å². The number of phenolic OH excluding ortho intramolecular Hbond substituents is 2. The Hall–Kier alpha value is -3.02. The van der Waals surface area contributed by atoms with Gasteiger partial charge in [0.1, 0.15) is 11.5 Å². The highest BCUT2D eigenvalue weighted by atomic mass is 16.3. The van der Waals surface area contributed by atoms with Crippen molar-refractivity contribution in [1.29, 1.82) is 0 Å². The minimum absolute atomic E-state index is 0.0736. The van der Waals surface area contributed by atoms with Crippen LogP contribution < -0.4 is 10.6 Å². The smallest absolute Gasteiger partial charge is 0.314 e. The van der Waals surface area contributed by atoms with E-state index in [-0.39, 0.29) is 17.2 Å². The van der Waals surface area contributed by atoms with Gasteiger partial charge in [0.25, 0.3) is 0 Å². The van der Waals surface area contributed by atoms with Crippen LogP contribution >= 0.6 is 0 Å². The molecule has 6 nitrogen and oxygen atoms in total. The van der Waals surface area contributed by atoms with Gasteiger partial charge in [0.2, 0.25) is 0 Å². The van der Waals surface area contributed by atoms with Gasteiger partial charge in [-0.3, -0.25) is 9.59 Å². The second kappa shape index (κ2) is 6.17. The lowest BCUT2D eigenvalue weighted by molar-refractivity contribution is -0.133. The molecule has 0 aliphatic carbocycles. The molecule has 0 heterocycles. The fourth-order valence-electron chi connectivity index (χ4n) is 1.89. The van der Waals surface area contributed by atoms with Crippen molar-refractivity contribution in [3.05, 3.63) is 47.5 Å². The maximum Gasteiger partial charge on any atom is 0.314 e. The maximum absolute atomic E-state index is 11.9. The number of nitrogens with one attached hydrogen (secondary N) is 2. The van der Waals surface area contributed by atoms with Crippen molar-refractivity contribution in [3.8, 4) is 11.5 Å². The summed E-state index contributed by atoms with van der Waals surface area (Å²) in [6.07, 6.45) is 0. The third kappa shape index (κ3) is 3.54. The predicted molar refractivity (Wildman–Crippen MR) is 82.9 cm³/mol. The molecule has 0 fully saturated rings. The third-order valence-corrected chi connectivity index (χ3v) is 3.07. The van der Waals surface area contributed by atoms with Crippen LogP contribution in [0, 0.1) is 13.8 Å². The highest BCUT2D eigenvalue weighted by Crippen LogP contribution is 2.24. The Bertz CT molecular complexity index is 677. The van der Waals surface area contributed by atoms with Crippen LogP contribution in [0.15, 0.2) is 36.4 Å². The van der Waals surface area contributed by atoms with Crippen LogP contribution in [-0.2, 0) is 9.59 Å². The van der Waals surface area contributed by atoms with Crippen molar-refractivity contribution in [1.82, 2.24) is 0 Å². The van der Waals surface area contributed by atoms with E-state index >= 15 is 0 Å². The Kier molecular flexibility index (Phi) is 4.31. The molecular weight excluding hydrogens is 284 g/mol. The molecule has 0 unspecified atom stereocenters. The first-order valence-corrected chi connectivity index (χ1v) is 6.58. The third-order valence-electron chi connectivity index (χ3n) is 3.07. The molecule has 2 aromatic carbocycles. The van der Waals surface area contributed by atoms with Crippen LogP contribution in [0.3, 0.4) is 0 Å². The summed E-state index contributed by atoms with van der Waals surface area (Å²) in [5, 5.41) is 23.8. The van der Waals surface area contributed by atoms with Crippen LogP contribution in [0.5, 0.6) is 11.5 Å². The van der Waals surface area contributed by atoms with Gasteiger partial charge < -0.3 is 20.8 Å². The highest BCUT2D eigenvalue weighted by molar-refractivity contribution is 6.43. The summed E-state index contributed by atoms with van der Waals surface area (Å²) in [6, 6.07) is 9.08. The number of rotatable bonds is 2. The van der Waals surface area contributed by atoms with Gasteiger partial charge >= 0.3 is 11.8 Å². The molecule has 0 saturated heterocycles. The lowest BCUT2D eigenvalue weighted by atomic mass is 10.2. The molecule has 22 heavy (non-hydrogen) atoms. The fraction of sp³-hybridized carbons (Fsp3) is 0.125. The van der Waals surface area contributed by atoms with Crippen LogP contribution in [0.4, 0.5) is 11.4 Å². The molecule has 2 rings (SSSR count). The first kappa shape index (κ1) is 15.4. The molecule has 2 amide bonds. The average Bonchev–Trinajstić information content (AvgIpc) is 2.44. The number of hydrogen-bond donors (Lipinski definition) is 4. The SMILES string of the molecule is Cc1ccc(NC(=O)C(=O)Nc2ccc(O)cc2C)c(O)c1. The van der Waals surface area contributed by atoms with Crippen molar-refractivity contribution < 1.29 is 19.8 Å². The Morgan fingerprint density at radius 1 is 0.864 bits per heavy atom. The normalized spacial score (nSPS) is 10.1. The molecule has 2 aromatic rings. The molecule has 0 radical (unpaired) electrons. The Morgan fingerprint density at radius 3 is 2.05 bits per heavy atom. The van der Waals surface area contributed by atoms with E-state index in [1.54, 1.807) is 19.9 Å². The van der Waals surface area contributed by atoms with Gasteiger partial charge in [0.05, 0.1) is 5.69 Å². The van der Waals surface area contributed by atoms with E-state index in [4.69, 9.17) is 0 Å². The molecule has 0 bridgehead atoms. The quantitative estimate of drug-likeness (QED) is 0.388. The molecule has 0 spiro atoms. The molecule has 0 aliphatic heterocycles. The van der Waals surface area contributed by atoms with Gasteiger partial charge in [0, 0.05) is 5.69 Å². The topological polar surface area (TPSA) is 98.7 Å². The zero-order valence-electron chi connectivity index (χ0n) is 12.2. The van der Waals surface area contributed by atoms with Gasteiger partial charge in [-0.25, -0.2) is 0 Å². The van der Waals surface area contributed by atoms with Crippen molar-refractivity contribution in [3.63, 3.8) is 0 Å². The number of carbonyl (C=O) groups is 2. The number of anilines is 2. The molecule has 0 saturated carbocycles. The van der Waals surface area contributed by atoms with Gasteiger partial charge in [0.15, 0.2) is 0 Å². The molecule has 0 aromatic heterocycles. The van der Waals surface area contributed by atoms with Gasteiger partial charge in [-0.2, -0.15) is 0 Å². The van der Waals surface area contributed by atoms with Crippen LogP contribution in [0.2, 0.25) is 0 Å². The Balaban J connectivity index is 2.07. The van der Waals surface area contributed by atoms with E-state index in [0.29, 0.717) is 11.3 Å². The summed E-state index contributed by atoms with van der Waals surface area (Å²) in [5.74, 6) is -1.80. The summed E-state index contributed by atoms with van der Waals surface area (Å²) in [7, 11) is 0. The largest absolute Gasteiger partial charge is 0.508 e. The summed E-state index contributed by atoms with van der Waals surface area (Å²) in [4.78, 5) is 23.7. The van der Waals surface area contributed by atoms with Gasteiger partial charge in [-0.1, -0.05) is 6.07 Å². The summed E-state index contributed by atoms with van der Waals surface area (Å²) in [5.41, 5.74) is 2.04. The van der Waals surface area contributed by atoms with Crippen LogP contribution in [-0.4, -0.2) is 22.0 Å². The minimum Gasteiger partial charge on any atom is -0.508 e. The summed E-state index contributed by atoms with van der Waals surface area (Å²) >= 11 is 0. The van der Waals surface area contributed by atoms with Crippen molar-refractivity contribution in [2.45, 2.75) is 13.8 Å². The molecule has 6 heteroatoms. The number of hydrogen-bond acceptors (Lipinski definition) is 4. The monoisotopic (exact) mass is 300 g/mol. The first-order chi connectivity index (χ1) is 10.4. The molecule has 4 N–H and O–H groups in total. The lowest BCUT2D eigenvalue weighted by Crippen LogP contribution is -2.29. The van der Waals surface area contributed by atoms with E-state index in [1.165, 1.54) is 30.3 Å². The highest BCUT2D eigenvalue weighted by Gasteiger charge is 2.16. The zero-order valence-corrected chi connectivity index (χ0v) is 12.2. The number of amides is 2. The van der Waals surface area contributed by atoms with E-state index < -0.39 is 11.8 Å². The number of aryl methyl sites for hydroxylation is 2. The standard InChI is InChI=1S/C16H16N2O4/c1-9-3-5-13(14(20)7-9)18-16(22)15(21)17-12-6-4-11(19)8-10(12)2/h3-8,19-20H,1-2H3,(H,17,21)(H,18,22). The number of phenols is 2. The second-order valence-corrected chi connectivity index (χ2v) is 4.93.